The van der Waals surface area contributed by atoms with Gasteiger partial charge in [-0.1, -0.05) is 30.3 Å². The van der Waals surface area contributed by atoms with Crippen LogP contribution < -0.4 is 5.32 Å². The van der Waals surface area contributed by atoms with Crippen LogP contribution in [0.15, 0.2) is 30.3 Å². The van der Waals surface area contributed by atoms with Crippen molar-refractivity contribution in [3.05, 3.63) is 35.9 Å². The van der Waals surface area contributed by atoms with Crippen molar-refractivity contribution in [3.8, 4) is 0 Å². The van der Waals surface area contributed by atoms with Gasteiger partial charge in [-0.3, -0.25) is 0 Å². The molecule has 1 aliphatic rings. The highest BCUT2D eigenvalue weighted by molar-refractivity contribution is 7.98. The van der Waals surface area contributed by atoms with Gasteiger partial charge in [0.1, 0.15) is 0 Å². The highest BCUT2D eigenvalue weighted by Gasteiger charge is 2.35. The first-order chi connectivity index (χ1) is 7.85. The van der Waals surface area contributed by atoms with Crippen LogP contribution in [0.2, 0.25) is 0 Å². The fraction of sp³-hybridized carbons (Fsp3) is 0.571. The van der Waals surface area contributed by atoms with Crippen LogP contribution in [-0.2, 0) is 6.42 Å². The average molecular weight is 235 g/mol. The molecule has 0 bridgehead atoms. The number of benzene rings is 1. The van der Waals surface area contributed by atoms with E-state index in [1.165, 1.54) is 43.7 Å². The zero-order chi connectivity index (χ0) is 11.3. The first-order valence-corrected chi connectivity index (χ1v) is 7.48. The van der Waals surface area contributed by atoms with Gasteiger partial charge in [-0.25, -0.2) is 0 Å². The summed E-state index contributed by atoms with van der Waals surface area (Å²) in [4.78, 5) is 0. The van der Waals surface area contributed by atoms with E-state index in [0.29, 0.717) is 5.41 Å². The third-order valence-corrected chi connectivity index (χ3v) is 4.17. The Balaban J connectivity index is 1.89. The van der Waals surface area contributed by atoms with Crippen LogP contribution in [0.5, 0.6) is 0 Å². The second kappa shape index (κ2) is 5.74. The molecule has 1 aromatic rings. The standard InChI is InChI=1S/C14H21NS/c1-16-9-5-8-14(11-15-12-14)10-13-6-3-2-4-7-13/h2-4,6-7,15H,5,8-12H2,1H3. The summed E-state index contributed by atoms with van der Waals surface area (Å²) in [6.45, 7) is 2.41. The van der Waals surface area contributed by atoms with Gasteiger partial charge in [-0.05, 0) is 42.2 Å². The van der Waals surface area contributed by atoms with E-state index in [1.807, 2.05) is 11.8 Å². The van der Waals surface area contributed by atoms with Crippen molar-refractivity contribution in [3.63, 3.8) is 0 Å². The summed E-state index contributed by atoms with van der Waals surface area (Å²) in [6.07, 6.45) is 6.17. The Bertz CT molecular complexity index is 306. The number of hydrogen-bond acceptors (Lipinski definition) is 2. The van der Waals surface area contributed by atoms with Gasteiger partial charge in [0.15, 0.2) is 0 Å². The summed E-state index contributed by atoms with van der Waals surface area (Å²) in [5.41, 5.74) is 2.05. The van der Waals surface area contributed by atoms with Crippen molar-refractivity contribution in [1.82, 2.24) is 5.32 Å². The largest absolute Gasteiger partial charge is 0.316 e. The smallest absolute Gasteiger partial charge is 0.00234 e. The van der Waals surface area contributed by atoms with Crippen molar-refractivity contribution >= 4 is 11.8 Å². The van der Waals surface area contributed by atoms with Gasteiger partial charge in [0.2, 0.25) is 0 Å². The van der Waals surface area contributed by atoms with E-state index in [1.54, 1.807) is 0 Å². The summed E-state index contributed by atoms with van der Waals surface area (Å²) in [7, 11) is 0. The maximum Gasteiger partial charge on any atom is 0.00234 e. The summed E-state index contributed by atoms with van der Waals surface area (Å²) in [6, 6.07) is 10.9. The molecular weight excluding hydrogens is 214 g/mol. The fourth-order valence-electron chi connectivity index (χ4n) is 2.49. The Hall–Kier alpha value is -0.470. The Morgan fingerprint density at radius 2 is 2.00 bits per heavy atom. The Morgan fingerprint density at radius 3 is 2.56 bits per heavy atom. The molecule has 0 amide bonds. The van der Waals surface area contributed by atoms with Crippen LogP contribution in [0.4, 0.5) is 0 Å². The Labute approximate surface area is 103 Å². The molecule has 1 saturated heterocycles. The summed E-state index contributed by atoms with van der Waals surface area (Å²) in [5.74, 6) is 1.30. The number of nitrogens with one attached hydrogen (secondary N) is 1. The minimum atomic E-state index is 0.553. The topological polar surface area (TPSA) is 12.0 Å². The van der Waals surface area contributed by atoms with Crippen LogP contribution in [0, 0.1) is 5.41 Å². The average Bonchev–Trinajstić information content (AvgIpc) is 2.27. The lowest BCUT2D eigenvalue weighted by atomic mass is 9.73. The third-order valence-electron chi connectivity index (χ3n) is 3.48. The van der Waals surface area contributed by atoms with E-state index in [0.717, 1.165) is 0 Å². The van der Waals surface area contributed by atoms with Crippen molar-refractivity contribution in [1.29, 1.82) is 0 Å². The minimum absolute atomic E-state index is 0.553. The van der Waals surface area contributed by atoms with Crippen molar-refractivity contribution in [2.45, 2.75) is 19.3 Å². The third kappa shape index (κ3) is 3.02. The van der Waals surface area contributed by atoms with Crippen molar-refractivity contribution in [2.24, 2.45) is 5.41 Å². The first-order valence-electron chi connectivity index (χ1n) is 6.08. The van der Waals surface area contributed by atoms with Crippen LogP contribution in [-0.4, -0.2) is 25.1 Å². The van der Waals surface area contributed by atoms with Crippen LogP contribution in [0.3, 0.4) is 0 Å². The minimum Gasteiger partial charge on any atom is -0.316 e. The predicted octanol–water partition coefficient (Wildman–Crippen LogP) is 2.96. The van der Waals surface area contributed by atoms with Gasteiger partial charge in [-0.15, -0.1) is 0 Å². The monoisotopic (exact) mass is 235 g/mol. The maximum absolute atomic E-state index is 3.44. The van der Waals surface area contributed by atoms with Gasteiger partial charge < -0.3 is 5.32 Å². The lowest BCUT2D eigenvalue weighted by molar-refractivity contribution is 0.151. The molecule has 1 heterocycles. The van der Waals surface area contributed by atoms with Crippen molar-refractivity contribution < 1.29 is 0 Å². The van der Waals surface area contributed by atoms with Gasteiger partial charge in [0.25, 0.3) is 0 Å². The Kier molecular flexibility index (Phi) is 4.30. The van der Waals surface area contributed by atoms with E-state index in [4.69, 9.17) is 0 Å². The van der Waals surface area contributed by atoms with Gasteiger partial charge in [-0.2, -0.15) is 11.8 Å². The molecule has 2 rings (SSSR count). The molecule has 16 heavy (non-hydrogen) atoms. The SMILES string of the molecule is CSCCCC1(Cc2ccccc2)CNC1. The molecule has 0 radical (unpaired) electrons. The van der Waals surface area contributed by atoms with Crippen molar-refractivity contribution in [2.75, 3.05) is 25.1 Å². The highest BCUT2D eigenvalue weighted by Crippen LogP contribution is 2.33. The quantitative estimate of drug-likeness (QED) is 0.761. The van der Waals surface area contributed by atoms with Crippen LogP contribution in [0.1, 0.15) is 18.4 Å². The molecular formula is C14H21NS. The van der Waals surface area contributed by atoms with Gasteiger partial charge >= 0.3 is 0 Å². The lowest BCUT2D eigenvalue weighted by Crippen LogP contribution is -2.54. The van der Waals surface area contributed by atoms with E-state index >= 15 is 0 Å². The van der Waals surface area contributed by atoms with Crippen LogP contribution >= 0.6 is 11.8 Å². The molecule has 1 N–H and O–H groups in total. The molecule has 1 fully saturated rings. The first kappa shape index (κ1) is 12.0. The molecule has 0 unspecified atom stereocenters. The van der Waals surface area contributed by atoms with Gasteiger partial charge in [0.05, 0.1) is 0 Å². The number of rotatable bonds is 6. The molecule has 88 valence electrons. The zero-order valence-electron chi connectivity index (χ0n) is 10.0. The zero-order valence-corrected chi connectivity index (χ0v) is 10.9. The fourth-order valence-corrected chi connectivity index (χ4v) is 2.92. The Morgan fingerprint density at radius 1 is 1.25 bits per heavy atom. The molecule has 0 saturated carbocycles. The molecule has 0 spiro atoms. The molecule has 0 aliphatic carbocycles. The molecule has 1 nitrogen and oxygen atoms in total. The lowest BCUT2D eigenvalue weighted by Gasteiger charge is -2.43. The number of thioether (sulfide) groups is 1. The van der Waals surface area contributed by atoms with E-state index in [2.05, 4.69) is 41.9 Å². The summed E-state index contributed by atoms with van der Waals surface area (Å²) < 4.78 is 0. The van der Waals surface area contributed by atoms with E-state index < -0.39 is 0 Å². The van der Waals surface area contributed by atoms with Gasteiger partial charge in [0, 0.05) is 13.1 Å². The maximum atomic E-state index is 3.44. The van der Waals surface area contributed by atoms with E-state index in [9.17, 15) is 0 Å². The molecule has 0 atom stereocenters. The highest BCUT2D eigenvalue weighted by atomic mass is 32.2. The molecule has 2 heteroatoms. The second-order valence-electron chi connectivity index (χ2n) is 4.86. The molecule has 0 aromatic heterocycles. The normalized spacial score (nSPS) is 18.1. The predicted molar refractivity (Wildman–Crippen MR) is 73.1 cm³/mol. The summed E-state index contributed by atoms with van der Waals surface area (Å²) in [5, 5.41) is 3.44. The number of hydrogen-bond donors (Lipinski definition) is 1. The molecule has 1 aliphatic heterocycles. The van der Waals surface area contributed by atoms with Crippen LogP contribution in [0.25, 0.3) is 0 Å². The molecule has 1 aromatic carbocycles. The van der Waals surface area contributed by atoms with E-state index in [-0.39, 0.29) is 0 Å². The summed E-state index contributed by atoms with van der Waals surface area (Å²) >= 11 is 1.96. The second-order valence-corrected chi connectivity index (χ2v) is 5.85.